The quantitative estimate of drug-likeness (QED) is 0.685. The van der Waals surface area contributed by atoms with Gasteiger partial charge in [0, 0.05) is 23.8 Å². The summed E-state index contributed by atoms with van der Waals surface area (Å²) in [6.07, 6.45) is 2.45. The van der Waals surface area contributed by atoms with Gasteiger partial charge < -0.3 is 15.0 Å². The van der Waals surface area contributed by atoms with Crippen LogP contribution < -0.4 is 11.2 Å². The van der Waals surface area contributed by atoms with Gasteiger partial charge in [-0.05, 0) is 31.5 Å². The SMILES string of the molecule is CCCn1cc(C(=O)OCC)c(=O)c2ccc(N)cc21. The Morgan fingerprint density at radius 2 is 2.10 bits per heavy atom. The summed E-state index contributed by atoms with van der Waals surface area (Å²) >= 11 is 0. The van der Waals surface area contributed by atoms with Gasteiger partial charge in [0.1, 0.15) is 5.56 Å². The van der Waals surface area contributed by atoms with Crippen LogP contribution in [0, 0.1) is 0 Å². The standard InChI is InChI=1S/C15H18N2O3/c1-3-7-17-9-12(15(19)20-4-2)14(18)11-6-5-10(16)8-13(11)17/h5-6,8-9H,3-4,7,16H2,1-2H3. The molecule has 5 heteroatoms. The number of fused-ring (bicyclic) bond motifs is 1. The number of aromatic nitrogens is 1. The zero-order valence-electron chi connectivity index (χ0n) is 11.7. The van der Waals surface area contributed by atoms with E-state index < -0.39 is 5.97 Å². The van der Waals surface area contributed by atoms with E-state index in [9.17, 15) is 9.59 Å². The molecule has 0 aliphatic carbocycles. The smallest absolute Gasteiger partial charge is 0.343 e. The second-order valence-electron chi connectivity index (χ2n) is 4.56. The molecule has 1 aromatic carbocycles. The lowest BCUT2D eigenvalue weighted by molar-refractivity contribution is 0.0524. The van der Waals surface area contributed by atoms with E-state index >= 15 is 0 Å². The highest BCUT2D eigenvalue weighted by molar-refractivity contribution is 5.94. The third kappa shape index (κ3) is 2.52. The first-order valence-electron chi connectivity index (χ1n) is 6.68. The topological polar surface area (TPSA) is 74.3 Å². The number of pyridine rings is 1. The van der Waals surface area contributed by atoms with Crippen molar-refractivity contribution in [3.63, 3.8) is 0 Å². The van der Waals surface area contributed by atoms with Crippen LogP contribution in [0.4, 0.5) is 5.69 Å². The monoisotopic (exact) mass is 274 g/mol. The van der Waals surface area contributed by atoms with Crippen molar-refractivity contribution in [3.8, 4) is 0 Å². The van der Waals surface area contributed by atoms with Crippen LogP contribution in [0.3, 0.4) is 0 Å². The number of anilines is 1. The van der Waals surface area contributed by atoms with Crippen LogP contribution in [0.1, 0.15) is 30.6 Å². The number of hydrogen-bond acceptors (Lipinski definition) is 4. The summed E-state index contributed by atoms with van der Waals surface area (Å²) in [6, 6.07) is 5.07. The Bertz CT molecular complexity index is 704. The molecule has 0 fully saturated rings. The minimum absolute atomic E-state index is 0.0672. The third-order valence-electron chi connectivity index (χ3n) is 3.07. The third-order valence-corrected chi connectivity index (χ3v) is 3.07. The van der Waals surface area contributed by atoms with Crippen LogP contribution in [0.25, 0.3) is 10.9 Å². The molecule has 0 unspecified atom stereocenters. The fourth-order valence-corrected chi connectivity index (χ4v) is 2.19. The Morgan fingerprint density at radius 3 is 2.75 bits per heavy atom. The molecule has 2 N–H and O–H groups in total. The lowest BCUT2D eigenvalue weighted by Crippen LogP contribution is -2.21. The number of esters is 1. The van der Waals surface area contributed by atoms with Crippen LogP contribution in [-0.4, -0.2) is 17.1 Å². The zero-order valence-corrected chi connectivity index (χ0v) is 11.7. The Labute approximate surface area is 117 Å². The molecule has 0 atom stereocenters. The molecular weight excluding hydrogens is 256 g/mol. The highest BCUT2D eigenvalue weighted by Gasteiger charge is 2.16. The van der Waals surface area contributed by atoms with Crippen LogP contribution >= 0.6 is 0 Å². The summed E-state index contributed by atoms with van der Waals surface area (Å²) < 4.78 is 6.81. The van der Waals surface area contributed by atoms with Crippen molar-refractivity contribution in [2.75, 3.05) is 12.3 Å². The molecule has 1 aromatic heterocycles. The fourth-order valence-electron chi connectivity index (χ4n) is 2.19. The van der Waals surface area contributed by atoms with E-state index in [4.69, 9.17) is 10.5 Å². The van der Waals surface area contributed by atoms with Gasteiger partial charge in [-0.25, -0.2) is 4.79 Å². The molecule has 0 radical (unpaired) electrons. The molecule has 0 bridgehead atoms. The molecule has 0 amide bonds. The number of carbonyl (C=O) groups excluding carboxylic acids is 1. The number of carbonyl (C=O) groups is 1. The minimum atomic E-state index is -0.582. The second kappa shape index (κ2) is 5.77. The Balaban J connectivity index is 2.73. The van der Waals surface area contributed by atoms with Crippen LogP contribution in [0.5, 0.6) is 0 Å². The van der Waals surface area contributed by atoms with E-state index in [2.05, 4.69) is 0 Å². The zero-order chi connectivity index (χ0) is 14.7. The van der Waals surface area contributed by atoms with Crippen molar-refractivity contribution >= 4 is 22.6 Å². The molecule has 0 aliphatic heterocycles. The maximum absolute atomic E-state index is 12.4. The number of hydrogen-bond donors (Lipinski definition) is 1. The molecule has 5 nitrogen and oxygen atoms in total. The summed E-state index contributed by atoms with van der Waals surface area (Å²) in [6.45, 7) is 4.68. The van der Waals surface area contributed by atoms with Gasteiger partial charge >= 0.3 is 5.97 Å². The van der Waals surface area contributed by atoms with E-state index in [-0.39, 0.29) is 17.6 Å². The molecule has 0 aliphatic rings. The van der Waals surface area contributed by atoms with Gasteiger partial charge in [-0.3, -0.25) is 4.79 Å². The predicted octanol–water partition coefficient (Wildman–Crippen LogP) is 2.17. The number of ether oxygens (including phenoxy) is 1. The van der Waals surface area contributed by atoms with Gasteiger partial charge in [0.25, 0.3) is 0 Å². The molecule has 1 heterocycles. The van der Waals surface area contributed by atoms with Crippen molar-refractivity contribution < 1.29 is 9.53 Å². The van der Waals surface area contributed by atoms with Gasteiger partial charge in [-0.2, -0.15) is 0 Å². The molecule has 2 rings (SSSR count). The average molecular weight is 274 g/mol. The molecule has 0 saturated carbocycles. The number of benzene rings is 1. The van der Waals surface area contributed by atoms with Crippen LogP contribution in [0.15, 0.2) is 29.2 Å². The molecule has 20 heavy (non-hydrogen) atoms. The largest absolute Gasteiger partial charge is 0.462 e. The Hall–Kier alpha value is -2.30. The van der Waals surface area contributed by atoms with E-state index in [1.807, 2.05) is 11.5 Å². The molecular formula is C15H18N2O3. The van der Waals surface area contributed by atoms with E-state index in [0.717, 1.165) is 11.9 Å². The lowest BCUT2D eigenvalue weighted by Gasteiger charge is -2.12. The highest BCUT2D eigenvalue weighted by Crippen LogP contribution is 2.16. The average Bonchev–Trinajstić information content (AvgIpc) is 2.42. The molecule has 2 aromatic rings. The van der Waals surface area contributed by atoms with Gasteiger partial charge in [0.2, 0.25) is 5.43 Å². The van der Waals surface area contributed by atoms with Crippen LogP contribution in [0.2, 0.25) is 0 Å². The number of rotatable bonds is 4. The maximum atomic E-state index is 12.4. The van der Waals surface area contributed by atoms with E-state index in [0.29, 0.717) is 17.6 Å². The minimum Gasteiger partial charge on any atom is -0.462 e. The second-order valence-corrected chi connectivity index (χ2v) is 4.56. The van der Waals surface area contributed by atoms with E-state index in [1.165, 1.54) is 0 Å². The number of aryl methyl sites for hydroxylation is 1. The summed E-state index contributed by atoms with van der Waals surface area (Å²) in [5.74, 6) is -0.582. The van der Waals surface area contributed by atoms with Crippen molar-refractivity contribution in [1.29, 1.82) is 0 Å². The Morgan fingerprint density at radius 1 is 1.35 bits per heavy atom. The number of nitrogen functional groups attached to an aromatic ring is 1. The van der Waals surface area contributed by atoms with Gasteiger partial charge in [-0.15, -0.1) is 0 Å². The number of nitrogens with two attached hydrogens (primary N) is 1. The summed E-state index contributed by atoms with van der Waals surface area (Å²) in [5, 5.41) is 0.484. The maximum Gasteiger partial charge on any atom is 0.343 e. The fraction of sp³-hybridized carbons (Fsp3) is 0.333. The Kier molecular flexibility index (Phi) is 4.08. The number of nitrogens with zero attached hydrogens (tertiary/aromatic N) is 1. The molecule has 106 valence electrons. The highest BCUT2D eigenvalue weighted by atomic mass is 16.5. The first-order valence-corrected chi connectivity index (χ1v) is 6.68. The van der Waals surface area contributed by atoms with Crippen molar-refractivity contribution in [2.24, 2.45) is 0 Å². The predicted molar refractivity (Wildman–Crippen MR) is 78.9 cm³/mol. The molecule has 0 saturated heterocycles. The van der Waals surface area contributed by atoms with Crippen molar-refractivity contribution in [2.45, 2.75) is 26.8 Å². The lowest BCUT2D eigenvalue weighted by atomic mass is 10.1. The van der Waals surface area contributed by atoms with E-state index in [1.54, 1.807) is 31.3 Å². The van der Waals surface area contributed by atoms with Gasteiger partial charge in [-0.1, -0.05) is 6.92 Å². The summed E-state index contributed by atoms with van der Waals surface area (Å²) in [4.78, 5) is 24.2. The summed E-state index contributed by atoms with van der Waals surface area (Å²) in [5.41, 5.74) is 6.86. The van der Waals surface area contributed by atoms with Crippen LogP contribution in [-0.2, 0) is 11.3 Å². The first kappa shape index (κ1) is 14.1. The summed E-state index contributed by atoms with van der Waals surface area (Å²) in [7, 11) is 0. The van der Waals surface area contributed by atoms with Crippen molar-refractivity contribution in [3.05, 3.63) is 40.2 Å². The van der Waals surface area contributed by atoms with Crippen molar-refractivity contribution in [1.82, 2.24) is 4.57 Å². The normalized spacial score (nSPS) is 10.7. The van der Waals surface area contributed by atoms with Gasteiger partial charge in [0.15, 0.2) is 0 Å². The first-order chi connectivity index (χ1) is 9.58. The molecule has 0 spiro atoms. The van der Waals surface area contributed by atoms with Gasteiger partial charge in [0.05, 0.1) is 12.1 Å².